The van der Waals surface area contributed by atoms with E-state index in [1.165, 1.54) is 4.88 Å². The Bertz CT molecular complexity index is 437. The van der Waals surface area contributed by atoms with E-state index in [2.05, 4.69) is 34.3 Å². The largest absolute Gasteiger partial charge is 0.488 e. The molecule has 0 unspecified atom stereocenters. The lowest BCUT2D eigenvalue weighted by Gasteiger charge is -2.08. The van der Waals surface area contributed by atoms with Crippen LogP contribution in [0.3, 0.4) is 0 Å². The van der Waals surface area contributed by atoms with Gasteiger partial charge in [-0.25, -0.2) is 0 Å². The molecule has 2 aromatic rings. The third-order valence-corrected chi connectivity index (χ3v) is 3.44. The van der Waals surface area contributed by atoms with E-state index in [-0.39, 0.29) is 0 Å². The molecule has 1 aromatic carbocycles. The summed E-state index contributed by atoms with van der Waals surface area (Å²) in [5.41, 5.74) is 1.16. The van der Waals surface area contributed by atoms with E-state index in [4.69, 9.17) is 4.74 Å². The summed E-state index contributed by atoms with van der Waals surface area (Å²) in [6, 6.07) is 10.2. The molecular weight excluding hydrogens is 272 g/mol. The minimum absolute atomic E-state index is 0.648. The predicted molar refractivity (Wildman–Crippen MR) is 67.5 cm³/mol. The van der Waals surface area contributed by atoms with Gasteiger partial charge in [-0.3, -0.25) is 0 Å². The molecule has 1 nitrogen and oxygen atoms in total. The zero-order chi connectivity index (χ0) is 10.7. The molecule has 3 heteroatoms. The minimum atomic E-state index is 0.648. The quantitative estimate of drug-likeness (QED) is 0.811. The standard InChI is InChI=1S/C12H11BrOS/c1-9-4-5-10(13)7-12(9)14-8-11-3-2-6-15-11/h2-7H,8H2,1H3. The van der Waals surface area contributed by atoms with Crippen LogP contribution in [0, 0.1) is 6.92 Å². The van der Waals surface area contributed by atoms with Crippen molar-refractivity contribution < 1.29 is 4.74 Å². The Balaban J connectivity index is 2.07. The Morgan fingerprint density at radius 2 is 2.20 bits per heavy atom. The van der Waals surface area contributed by atoms with E-state index in [0.29, 0.717) is 6.61 Å². The number of hydrogen-bond acceptors (Lipinski definition) is 2. The molecule has 0 aliphatic rings. The Labute approximate surface area is 102 Å². The van der Waals surface area contributed by atoms with Crippen molar-refractivity contribution in [3.63, 3.8) is 0 Å². The summed E-state index contributed by atoms with van der Waals surface area (Å²) in [7, 11) is 0. The van der Waals surface area contributed by atoms with Crippen LogP contribution in [-0.4, -0.2) is 0 Å². The van der Waals surface area contributed by atoms with Gasteiger partial charge in [-0.1, -0.05) is 28.1 Å². The van der Waals surface area contributed by atoms with Crippen molar-refractivity contribution in [1.82, 2.24) is 0 Å². The molecule has 0 N–H and O–H groups in total. The van der Waals surface area contributed by atoms with E-state index in [9.17, 15) is 0 Å². The molecule has 0 aliphatic carbocycles. The Morgan fingerprint density at radius 3 is 2.93 bits per heavy atom. The van der Waals surface area contributed by atoms with Crippen LogP contribution in [0.1, 0.15) is 10.4 Å². The van der Waals surface area contributed by atoms with Gasteiger partial charge in [-0.05, 0) is 36.1 Å². The number of ether oxygens (including phenoxy) is 1. The van der Waals surface area contributed by atoms with E-state index >= 15 is 0 Å². The second-order valence-corrected chi connectivity index (χ2v) is 5.23. The lowest BCUT2D eigenvalue weighted by atomic mass is 10.2. The van der Waals surface area contributed by atoms with Crippen molar-refractivity contribution >= 4 is 27.3 Å². The van der Waals surface area contributed by atoms with E-state index < -0.39 is 0 Å². The summed E-state index contributed by atoms with van der Waals surface area (Å²) in [4.78, 5) is 1.24. The molecule has 0 spiro atoms. The van der Waals surface area contributed by atoms with Gasteiger partial charge >= 0.3 is 0 Å². The highest BCUT2D eigenvalue weighted by Gasteiger charge is 2.01. The molecule has 2 rings (SSSR count). The van der Waals surface area contributed by atoms with Gasteiger partial charge < -0.3 is 4.74 Å². The Morgan fingerprint density at radius 1 is 1.33 bits per heavy atom. The van der Waals surface area contributed by atoms with Gasteiger partial charge in [0.05, 0.1) is 0 Å². The van der Waals surface area contributed by atoms with Gasteiger partial charge in [0.25, 0.3) is 0 Å². The van der Waals surface area contributed by atoms with Crippen LogP contribution < -0.4 is 4.74 Å². The second-order valence-electron chi connectivity index (χ2n) is 3.28. The molecule has 15 heavy (non-hydrogen) atoms. The Hall–Kier alpha value is -0.800. The average molecular weight is 283 g/mol. The van der Waals surface area contributed by atoms with Crippen molar-refractivity contribution in [3.05, 3.63) is 50.6 Å². The number of thiophene rings is 1. The Kier molecular flexibility index (Phi) is 3.44. The van der Waals surface area contributed by atoms with Gasteiger partial charge in [-0.15, -0.1) is 11.3 Å². The molecule has 0 amide bonds. The summed E-state index contributed by atoms with van der Waals surface area (Å²) < 4.78 is 6.79. The number of aryl methyl sites for hydroxylation is 1. The smallest absolute Gasteiger partial charge is 0.123 e. The number of benzene rings is 1. The first-order valence-corrected chi connectivity index (χ1v) is 6.34. The van der Waals surface area contributed by atoms with Gasteiger partial charge in [0, 0.05) is 9.35 Å². The maximum Gasteiger partial charge on any atom is 0.123 e. The zero-order valence-corrected chi connectivity index (χ0v) is 10.8. The van der Waals surface area contributed by atoms with Gasteiger partial charge in [-0.2, -0.15) is 0 Å². The van der Waals surface area contributed by atoms with Gasteiger partial charge in [0.1, 0.15) is 12.4 Å². The summed E-state index contributed by atoms with van der Waals surface area (Å²) in [6.07, 6.45) is 0. The lowest BCUT2D eigenvalue weighted by Crippen LogP contribution is -1.94. The van der Waals surface area contributed by atoms with E-state index in [1.54, 1.807) is 11.3 Å². The third kappa shape index (κ3) is 2.83. The maximum atomic E-state index is 5.74. The normalized spacial score (nSPS) is 10.3. The molecule has 0 saturated heterocycles. The number of rotatable bonds is 3. The second kappa shape index (κ2) is 4.81. The molecule has 1 heterocycles. The van der Waals surface area contributed by atoms with Crippen molar-refractivity contribution in [2.75, 3.05) is 0 Å². The fraction of sp³-hybridized carbons (Fsp3) is 0.167. The van der Waals surface area contributed by atoms with Gasteiger partial charge in [0.2, 0.25) is 0 Å². The monoisotopic (exact) mass is 282 g/mol. The molecule has 0 fully saturated rings. The van der Waals surface area contributed by atoms with Crippen LogP contribution in [0.2, 0.25) is 0 Å². The highest BCUT2D eigenvalue weighted by atomic mass is 79.9. The lowest BCUT2D eigenvalue weighted by molar-refractivity contribution is 0.307. The fourth-order valence-corrected chi connectivity index (χ4v) is 2.23. The SMILES string of the molecule is Cc1ccc(Br)cc1OCc1cccs1. The molecular formula is C12H11BrOS. The zero-order valence-electron chi connectivity index (χ0n) is 8.37. The highest BCUT2D eigenvalue weighted by molar-refractivity contribution is 9.10. The van der Waals surface area contributed by atoms with Crippen molar-refractivity contribution in [2.24, 2.45) is 0 Å². The minimum Gasteiger partial charge on any atom is -0.488 e. The molecule has 0 atom stereocenters. The van der Waals surface area contributed by atoms with Crippen LogP contribution in [0.5, 0.6) is 5.75 Å². The molecule has 78 valence electrons. The summed E-state index contributed by atoms with van der Waals surface area (Å²) in [6.45, 7) is 2.70. The average Bonchev–Trinajstić information content (AvgIpc) is 2.72. The molecule has 0 bridgehead atoms. The first-order valence-electron chi connectivity index (χ1n) is 4.67. The van der Waals surface area contributed by atoms with Crippen LogP contribution >= 0.6 is 27.3 Å². The van der Waals surface area contributed by atoms with Crippen LogP contribution in [0.15, 0.2) is 40.2 Å². The molecule has 1 aromatic heterocycles. The van der Waals surface area contributed by atoms with E-state index in [1.807, 2.05) is 24.3 Å². The summed E-state index contributed by atoms with van der Waals surface area (Å²) in [5.74, 6) is 0.942. The first-order chi connectivity index (χ1) is 7.25. The maximum absolute atomic E-state index is 5.74. The van der Waals surface area contributed by atoms with Gasteiger partial charge in [0.15, 0.2) is 0 Å². The molecule has 0 saturated carbocycles. The van der Waals surface area contributed by atoms with Crippen molar-refractivity contribution in [2.45, 2.75) is 13.5 Å². The highest BCUT2D eigenvalue weighted by Crippen LogP contribution is 2.24. The summed E-state index contributed by atoms with van der Waals surface area (Å²) in [5, 5.41) is 2.06. The van der Waals surface area contributed by atoms with Crippen LogP contribution in [0.4, 0.5) is 0 Å². The fourth-order valence-electron chi connectivity index (χ4n) is 1.27. The predicted octanol–water partition coefficient (Wildman–Crippen LogP) is 4.40. The van der Waals surface area contributed by atoms with Crippen LogP contribution in [0.25, 0.3) is 0 Å². The van der Waals surface area contributed by atoms with Crippen molar-refractivity contribution in [1.29, 1.82) is 0 Å². The number of hydrogen-bond donors (Lipinski definition) is 0. The third-order valence-electron chi connectivity index (χ3n) is 2.10. The molecule has 0 aliphatic heterocycles. The van der Waals surface area contributed by atoms with Crippen molar-refractivity contribution in [3.8, 4) is 5.75 Å². The van der Waals surface area contributed by atoms with E-state index in [0.717, 1.165) is 15.8 Å². The molecule has 0 radical (unpaired) electrons. The van der Waals surface area contributed by atoms with Crippen LogP contribution in [-0.2, 0) is 6.61 Å². The number of halogens is 1. The first kappa shape index (κ1) is 10.7. The topological polar surface area (TPSA) is 9.23 Å². The summed E-state index contributed by atoms with van der Waals surface area (Å²) >= 11 is 5.15.